The average Bonchev–Trinajstić information content (AvgIpc) is 3.24. The third kappa shape index (κ3) is 3.20. The monoisotopic (exact) mass is 299 g/mol. The van der Waals surface area contributed by atoms with Crippen LogP contribution in [0.25, 0.3) is 5.69 Å². The van der Waals surface area contributed by atoms with E-state index in [2.05, 4.69) is 33.9 Å². The molecule has 1 N–H and O–H groups in total. The molecule has 0 saturated carbocycles. The van der Waals surface area contributed by atoms with Gasteiger partial charge in [-0.15, -0.1) is 0 Å². The van der Waals surface area contributed by atoms with Gasteiger partial charge in [-0.05, 0) is 24.1 Å². The molecule has 2 aromatic rings. The van der Waals surface area contributed by atoms with Gasteiger partial charge < -0.3 is 14.6 Å². The van der Waals surface area contributed by atoms with Crippen LogP contribution in [-0.4, -0.2) is 28.7 Å². The summed E-state index contributed by atoms with van der Waals surface area (Å²) in [6.45, 7) is 3.89. The van der Waals surface area contributed by atoms with Gasteiger partial charge in [-0.2, -0.15) is 0 Å². The van der Waals surface area contributed by atoms with Crippen molar-refractivity contribution in [3.63, 3.8) is 0 Å². The number of carbonyl (C=O) groups excluding carboxylic acids is 1. The summed E-state index contributed by atoms with van der Waals surface area (Å²) in [5, 5.41) is 2.98. The minimum atomic E-state index is 0.0114. The molecule has 1 atom stereocenters. The molecule has 0 bridgehead atoms. The number of rotatable bonds is 5. The van der Waals surface area contributed by atoms with Crippen molar-refractivity contribution in [2.45, 2.75) is 26.3 Å². The van der Waals surface area contributed by atoms with E-state index in [0.29, 0.717) is 19.8 Å². The van der Waals surface area contributed by atoms with Gasteiger partial charge in [0.2, 0.25) is 5.91 Å². The molecule has 0 aliphatic carbocycles. The van der Waals surface area contributed by atoms with E-state index in [1.165, 1.54) is 0 Å². The third-order valence-corrected chi connectivity index (χ3v) is 4.02. The highest BCUT2D eigenvalue weighted by Crippen LogP contribution is 2.14. The van der Waals surface area contributed by atoms with Crippen LogP contribution in [0.4, 0.5) is 0 Å². The van der Waals surface area contributed by atoms with Crippen molar-refractivity contribution < 1.29 is 9.53 Å². The molecule has 1 aromatic carbocycles. The Morgan fingerprint density at radius 2 is 2.23 bits per heavy atom. The first-order valence-electron chi connectivity index (χ1n) is 7.75. The third-order valence-electron chi connectivity index (χ3n) is 4.02. The molecule has 0 spiro atoms. The number of ether oxygens (including phenoxy) is 1. The highest BCUT2D eigenvalue weighted by Gasteiger charge is 2.22. The van der Waals surface area contributed by atoms with E-state index in [1.807, 2.05) is 24.5 Å². The number of hydrogen-bond acceptors (Lipinski definition) is 3. The lowest BCUT2D eigenvalue weighted by Crippen LogP contribution is -2.30. The SMILES string of the molecule is CCc1nccn1-c1ccc(CNC(=O)C2CCOC2)cc1. The molecule has 1 unspecified atom stereocenters. The Kier molecular flexibility index (Phi) is 4.53. The van der Waals surface area contributed by atoms with Gasteiger partial charge in [-0.1, -0.05) is 19.1 Å². The fourth-order valence-electron chi connectivity index (χ4n) is 2.68. The predicted octanol–water partition coefficient (Wildman–Crippen LogP) is 2.09. The molecule has 5 heteroatoms. The zero-order valence-corrected chi connectivity index (χ0v) is 12.8. The second-order valence-corrected chi connectivity index (χ2v) is 5.51. The molecule has 1 aliphatic rings. The Labute approximate surface area is 130 Å². The zero-order valence-electron chi connectivity index (χ0n) is 12.8. The largest absolute Gasteiger partial charge is 0.381 e. The molecule has 22 heavy (non-hydrogen) atoms. The predicted molar refractivity (Wildman–Crippen MR) is 83.7 cm³/mol. The first kappa shape index (κ1) is 14.8. The molecule has 1 aromatic heterocycles. The minimum absolute atomic E-state index is 0.0114. The van der Waals surface area contributed by atoms with Gasteiger partial charge in [0.1, 0.15) is 5.82 Å². The number of hydrogen-bond donors (Lipinski definition) is 1. The van der Waals surface area contributed by atoms with Crippen molar-refractivity contribution in [1.82, 2.24) is 14.9 Å². The first-order chi connectivity index (χ1) is 10.8. The van der Waals surface area contributed by atoms with Crippen LogP contribution in [0, 0.1) is 5.92 Å². The van der Waals surface area contributed by atoms with Gasteiger partial charge in [0.25, 0.3) is 0 Å². The van der Waals surface area contributed by atoms with Crippen LogP contribution < -0.4 is 5.32 Å². The maximum absolute atomic E-state index is 12.0. The number of nitrogens with zero attached hydrogens (tertiary/aromatic N) is 2. The average molecular weight is 299 g/mol. The number of nitrogens with one attached hydrogen (secondary N) is 1. The van der Waals surface area contributed by atoms with Crippen LogP contribution in [0.3, 0.4) is 0 Å². The van der Waals surface area contributed by atoms with E-state index in [9.17, 15) is 4.79 Å². The molecular weight excluding hydrogens is 278 g/mol. The fourth-order valence-corrected chi connectivity index (χ4v) is 2.68. The summed E-state index contributed by atoms with van der Waals surface area (Å²) in [5.41, 5.74) is 2.18. The smallest absolute Gasteiger partial charge is 0.225 e. The Balaban J connectivity index is 1.61. The maximum Gasteiger partial charge on any atom is 0.225 e. The van der Waals surface area contributed by atoms with Crippen LogP contribution in [0.1, 0.15) is 24.7 Å². The van der Waals surface area contributed by atoms with Crippen LogP contribution >= 0.6 is 0 Å². The molecular formula is C17H21N3O2. The molecule has 1 aliphatic heterocycles. The second-order valence-electron chi connectivity index (χ2n) is 5.51. The van der Waals surface area contributed by atoms with Crippen molar-refractivity contribution >= 4 is 5.91 Å². The lowest BCUT2D eigenvalue weighted by Gasteiger charge is -2.11. The van der Waals surface area contributed by atoms with Crippen molar-refractivity contribution in [3.05, 3.63) is 48.0 Å². The highest BCUT2D eigenvalue weighted by molar-refractivity contribution is 5.78. The molecule has 116 valence electrons. The highest BCUT2D eigenvalue weighted by atomic mass is 16.5. The summed E-state index contributed by atoms with van der Waals surface area (Å²) in [4.78, 5) is 16.3. The minimum Gasteiger partial charge on any atom is -0.381 e. The normalized spacial score (nSPS) is 17.6. The molecule has 1 saturated heterocycles. The molecule has 3 rings (SSSR count). The maximum atomic E-state index is 12.0. The number of carbonyl (C=O) groups is 1. The summed E-state index contributed by atoms with van der Waals surface area (Å²) in [7, 11) is 0. The quantitative estimate of drug-likeness (QED) is 0.919. The molecule has 2 heterocycles. The topological polar surface area (TPSA) is 56.2 Å². The summed E-state index contributed by atoms with van der Waals surface area (Å²) in [6, 6.07) is 8.20. The summed E-state index contributed by atoms with van der Waals surface area (Å²) >= 11 is 0. The molecule has 1 amide bonds. The van der Waals surface area contributed by atoms with Crippen molar-refractivity contribution in [2.24, 2.45) is 5.92 Å². The molecule has 5 nitrogen and oxygen atoms in total. The number of imidazole rings is 1. The standard InChI is InChI=1S/C17H21N3O2/c1-2-16-18-8-9-20(16)15-5-3-13(4-6-15)11-19-17(21)14-7-10-22-12-14/h3-6,8-9,14H,2,7,10-12H2,1H3,(H,19,21). The van der Waals surface area contributed by atoms with Crippen LogP contribution in [0.15, 0.2) is 36.7 Å². The second kappa shape index (κ2) is 6.75. The van der Waals surface area contributed by atoms with E-state index in [1.54, 1.807) is 0 Å². The molecule has 0 radical (unpaired) electrons. The number of benzene rings is 1. The van der Waals surface area contributed by atoms with Crippen molar-refractivity contribution in [3.8, 4) is 5.69 Å². The van der Waals surface area contributed by atoms with Gasteiger partial charge in [0.15, 0.2) is 0 Å². The Morgan fingerprint density at radius 1 is 1.41 bits per heavy atom. The summed E-state index contributed by atoms with van der Waals surface area (Å²) in [5.74, 6) is 1.14. The lowest BCUT2D eigenvalue weighted by molar-refractivity contribution is -0.125. The van der Waals surface area contributed by atoms with E-state index < -0.39 is 0 Å². The Morgan fingerprint density at radius 3 is 2.91 bits per heavy atom. The number of amides is 1. The van der Waals surface area contributed by atoms with Gasteiger partial charge in [0.05, 0.1) is 12.5 Å². The van der Waals surface area contributed by atoms with E-state index >= 15 is 0 Å². The summed E-state index contributed by atoms with van der Waals surface area (Å²) in [6.07, 6.45) is 5.51. The number of aromatic nitrogens is 2. The molecule has 1 fully saturated rings. The first-order valence-corrected chi connectivity index (χ1v) is 7.75. The van der Waals surface area contributed by atoms with Crippen molar-refractivity contribution in [1.29, 1.82) is 0 Å². The Bertz CT molecular complexity index is 628. The van der Waals surface area contributed by atoms with Gasteiger partial charge in [-0.25, -0.2) is 4.98 Å². The summed E-state index contributed by atoms with van der Waals surface area (Å²) < 4.78 is 7.32. The Hall–Kier alpha value is -2.14. The van der Waals surface area contributed by atoms with E-state index in [0.717, 1.165) is 29.9 Å². The fraction of sp³-hybridized carbons (Fsp3) is 0.412. The van der Waals surface area contributed by atoms with E-state index in [4.69, 9.17) is 4.74 Å². The number of aryl methyl sites for hydroxylation is 1. The van der Waals surface area contributed by atoms with Crippen molar-refractivity contribution in [2.75, 3.05) is 13.2 Å². The van der Waals surface area contributed by atoms with Crippen LogP contribution in [0.2, 0.25) is 0 Å². The van der Waals surface area contributed by atoms with Crippen LogP contribution in [-0.2, 0) is 22.5 Å². The van der Waals surface area contributed by atoms with Gasteiger partial charge in [0, 0.05) is 37.7 Å². The van der Waals surface area contributed by atoms with E-state index in [-0.39, 0.29) is 11.8 Å². The van der Waals surface area contributed by atoms with Gasteiger partial charge >= 0.3 is 0 Å². The van der Waals surface area contributed by atoms with Crippen LogP contribution in [0.5, 0.6) is 0 Å². The van der Waals surface area contributed by atoms with Gasteiger partial charge in [-0.3, -0.25) is 4.79 Å². The zero-order chi connectivity index (χ0) is 15.4. The lowest BCUT2D eigenvalue weighted by atomic mass is 10.1.